The van der Waals surface area contributed by atoms with E-state index < -0.39 is 5.97 Å². The maximum atomic E-state index is 10.7. The van der Waals surface area contributed by atoms with E-state index in [2.05, 4.69) is 0 Å². The topological polar surface area (TPSA) is 50.4 Å². The molecule has 0 aliphatic heterocycles. The lowest BCUT2D eigenvalue weighted by Crippen LogP contribution is -1.91. The van der Waals surface area contributed by atoms with E-state index in [4.69, 9.17) is 21.1 Å². The zero-order chi connectivity index (χ0) is 12.3. The molecule has 0 amide bonds. The Labute approximate surface area is 107 Å². The summed E-state index contributed by atoms with van der Waals surface area (Å²) in [7, 11) is 0. The molecule has 1 heterocycles. The fourth-order valence-corrected chi connectivity index (χ4v) is 2.41. The molecular weight excluding hydrogens is 260 g/mol. The fraction of sp³-hybridized carbons (Fsp3) is 0.0833. The van der Waals surface area contributed by atoms with Crippen molar-refractivity contribution in [3.8, 4) is 0 Å². The molecule has 0 bridgehead atoms. The van der Waals surface area contributed by atoms with Crippen molar-refractivity contribution in [1.29, 1.82) is 0 Å². The number of carboxylic acid groups (broad SMARTS) is 1. The highest BCUT2D eigenvalue weighted by molar-refractivity contribution is 7.98. The summed E-state index contributed by atoms with van der Waals surface area (Å²) in [6.07, 6.45) is 1.24. The monoisotopic (exact) mass is 268 g/mol. The average molecular weight is 269 g/mol. The van der Waals surface area contributed by atoms with Gasteiger partial charge in [-0.05, 0) is 18.2 Å². The summed E-state index contributed by atoms with van der Waals surface area (Å²) in [5.41, 5.74) is 0.166. The van der Waals surface area contributed by atoms with Gasteiger partial charge in [-0.25, -0.2) is 4.79 Å². The van der Waals surface area contributed by atoms with Gasteiger partial charge in [0.1, 0.15) is 12.0 Å². The molecule has 2 aromatic rings. The third-order valence-electron chi connectivity index (χ3n) is 2.11. The van der Waals surface area contributed by atoms with Gasteiger partial charge in [0.15, 0.2) is 0 Å². The van der Waals surface area contributed by atoms with Crippen LogP contribution in [-0.4, -0.2) is 11.1 Å². The number of carbonyl (C=O) groups is 1. The minimum Gasteiger partial charge on any atom is -0.478 e. The van der Waals surface area contributed by atoms with Gasteiger partial charge in [0.2, 0.25) is 0 Å². The van der Waals surface area contributed by atoms with Crippen molar-refractivity contribution in [2.45, 2.75) is 10.6 Å². The Bertz CT molecular complexity index is 536. The van der Waals surface area contributed by atoms with Crippen LogP contribution in [0.5, 0.6) is 0 Å². The number of aromatic carboxylic acids is 1. The van der Waals surface area contributed by atoms with Crippen molar-refractivity contribution in [2.75, 3.05) is 0 Å². The van der Waals surface area contributed by atoms with Gasteiger partial charge < -0.3 is 9.52 Å². The lowest BCUT2D eigenvalue weighted by molar-refractivity contribution is 0.0696. The quantitative estimate of drug-likeness (QED) is 0.854. The number of hydrogen-bond donors (Lipinski definition) is 1. The molecule has 0 fully saturated rings. The summed E-state index contributed by atoms with van der Waals surface area (Å²) in [6, 6.07) is 9.01. The smallest absolute Gasteiger partial charge is 0.338 e. The maximum Gasteiger partial charge on any atom is 0.338 e. The Kier molecular flexibility index (Phi) is 3.76. The first-order valence-corrected chi connectivity index (χ1v) is 6.21. The molecule has 1 N–H and O–H groups in total. The predicted molar refractivity (Wildman–Crippen MR) is 66.7 cm³/mol. The van der Waals surface area contributed by atoms with Gasteiger partial charge in [-0.15, -0.1) is 11.8 Å². The molecule has 3 nitrogen and oxygen atoms in total. The number of furan rings is 1. The van der Waals surface area contributed by atoms with E-state index in [1.54, 1.807) is 0 Å². The van der Waals surface area contributed by atoms with Crippen molar-refractivity contribution in [3.63, 3.8) is 0 Å². The van der Waals surface area contributed by atoms with E-state index in [0.717, 1.165) is 4.90 Å². The van der Waals surface area contributed by atoms with Crippen LogP contribution in [0.3, 0.4) is 0 Å². The van der Waals surface area contributed by atoms with E-state index in [1.807, 2.05) is 24.3 Å². The van der Waals surface area contributed by atoms with Crippen LogP contribution < -0.4 is 0 Å². The lowest BCUT2D eigenvalue weighted by atomic mass is 10.3. The molecular formula is C12H9ClO3S. The minimum absolute atomic E-state index is 0.166. The number of benzene rings is 1. The average Bonchev–Trinajstić information content (AvgIpc) is 2.77. The summed E-state index contributed by atoms with van der Waals surface area (Å²) in [4.78, 5) is 11.6. The van der Waals surface area contributed by atoms with E-state index in [1.165, 1.54) is 24.1 Å². The van der Waals surface area contributed by atoms with Crippen molar-refractivity contribution < 1.29 is 14.3 Å². The van der Waals surface area contributed by atoms with Crippen molar-refractivity contribution >= 4 is 29.3 Å². The minimum atomic E-state index is -0.984. The molecule has 0 saturated heterocycles. The van der Waals surface area contributed by atoms with Gasteiger partial charge in [0.25, 0.3) is 0 Å². The Hall–Kier alpha value is -1.39. The van der Waals surface area contributed by atoms with Crippen molar-refractivity contribution in [1.82, 2.24) is 0 Å². The molecule has 88 valence electrons. The number of carboxylic acids is 1. The fourth-order valence-electron chi connectivity index (χ4n) is 1.28. The molecule has 0 spiro atoms. The van der Waals surface area contributed by atoms with Crippen molar-refractivity contribution in [2.24, 2.45) is 0 Å². The van der Waals surface area contributed by atoms with Crippen LogP contribution in [0.15, 0.2) is 45.9 Å². The van der Waals surface area contributed by atoms with Crippen molar-refractivity contribution in [3.05, 3.63) is 52.9 Å². The highest BCUT2D eigenvalue weighted by atomic mass is 35.5. The van der Waals surface area contributed by atoms with E-state index in [0.29, 0.717) is 16.5 Å². The van der Waals surface area contributed by atoms with Crippen LogP contribution in [0.2, 0.25) is 5.02 Å². The summed E-state index contributed by atoms with van der Waals surface area (Å²) in [5, 5.41) is 9.42. The van der Waals surface area contributed by atoms with Gasteiger partial charge in [0, 0.05) is 4.90 Å². The zero-order valence-electron chi connectivity index (χ0n) is 8.72. The first kappa shape index (κ1) is 12.1. The maximum absolute atomic E-state index is 10.7. The van der Waals surface area contributed by atoms with Gasteiger partial charge in [-0.3, -0.25) is 0 Å². The molecule has 0 aliphatic rings. The van der Waals surface area contributed by atoms with Crippen LogP contribution in [0, 0.1) is 0 Å². The normalized spacial score (nSPS) is 10.4. The van der Waals surface area contributed by atoms with Gasteiger partial charge in [0.05, 0.1) is 16.3 Å². The van der Waals surface area contributed by atoms with E-state index in [9.17, 15) is 4.79 Å². The van der Waals surface area contributed by atoms with Crippen LogP contribution in [0.1, 0.15) is 16.1 Å². The van der Waals surface area contributed by atoms with Crippen LogP contribution >= 0.6 is 23.4 Å². The molecule has 0 unspecified atom stereocenters. The van der Waals surface area contributed by atoms with Crippen LogP contribution in [0.4, 0.5) is 0 Å². The van der Waals surface area contributed by atoms with Gasteiger partial charge in [-0.1, -0.05) is 23.7 Å². The second-order valence-corrected chi connectivity index (χ2v) is 4.75. The summed E-state index contributed by atoms with van der Waals surface area (Å²) >= 11 is 7.51. The summed E-state index contributed by atoms with van der Waals surface area (Å²) < 4.78 is 5.14. The second kappa shape index (κ2) is 5.29. The van der Waals surface area contributed by atoms with Gasteiger partial charge >= 0.3 is 5.97 Å². The molecule has 1 aromatic heterocycles. The van der Waals surface area contributed by atoms with Gasteiger partial charge in [-0.2, -0.15) is 0 Å². The Balaban J connectivity index is 2.02. The molecule has 1 aromatic carbocycles. The SMILES string of the molecule is O=C(O)c1coc(CSc2ccccc2Cl)c1. The highest BCUT2D eigenvalue weighted by Crippen LogP contribution is 2.29. The number of halogens is 1. The number of hydrogen-bond acceptors (Lipinski definition) is 3. The summed E-state index contributed by atoms with van der Waals surface area (Å²) in [6.45, 7) is 0. The number of thioether (sulfide) groups is 1. The third kappa shape index (κ3) is 3.05. The molecule has 17 heavy (non-hydrogen) atoms. The molecule has 0 radical (unpaired) electrons. The lowest BCUT2D eigenvalue weighted by Gasteiger charge is -2.01. The van der Waals surface area contributed by atoms with E-state index >= 15 is 0 Å². The molecule has 0 aliphatic carbocycles. The second-order valence-electron chi connectivity index (χ2n) is 3.33. The third-order valence-corrected chi connectivity index (χ3v) is 3.64. The number of rotatable bonds is 4. The van der Waals surface area contributed by atoms with E-state index in [-0.39, 0.29) is 5.56 Å². The Morgan fingerprint density at radius 2 is 2.18 bits per heavy atom. The summed E-state index contributed by atoms with van der Waals surface area (Å²) in [5.74, 6) is 0.187. The van der Waals surface area contributed by atoms with Crippen LogP contribution in [-0.2, 0) is 5.75 Å². The molecule has 0 atom stereocenters. The highest BCUT2D eigenvalue weighted by Gasteiger charge is 2.09. The first-order valence-electron chi connectivity index (χ1n) is 4.85. The largest absolute Gasteiger partial charge is 0.478 e. The first-order chi connectivity index (χ1) is 8.16. The molecule has 0 saturated carbocycles. The zero-order valence-corrected chi connectivity index (χ0v) is 10.3. The predicted octanol–water partition coefficient (Wildman–Crippen LogP) is 3.92. The Morgan fingerprint density at radius 3 is 2.82 bits per heavy atom. The standard InChI is InChI=1S/C12H9ClO3S/c13-10-3-1-2-4-11(10)17-7-9-5-8(6-16-9)12(14)15/h1-6H,7H2,(H,14,15). The molecule has 2 rings (SSSR count). The van der Waals surface area contributed by atoms with Crippen LogP contribution in [0.25, 0.3) is 0 Å². The molecule has 5 heteroatoms. The Morgan fingerprint density at radius 1 is 1.41 bits per heavy atom.